The van der Waals surface area contributed by atoms with Crippen LogP contribution in [0.3, 0.4) is 0 Å². The van der Waals surface area contributed by atoms with E-state index in [1.54, 1.807) is 0 Å². The standard InChI is InChI=1S/C8H12F2N2O2/c9-8(10)3-7(8)1-5(11)2-12(4-7)6(13)14/h5H,1-4,11H2,(H,13,14). The monoisotopic (exact) mass is 206 g/mol. The third-order valence-corrected chi connectivity index (χ3v) is 3.08. The van der Waals surface area contributed by atoms with Crippen LogP contribution in [-0.2, 0) is 0 Å². The van der Waals surface area contributed by atoms with Crippen molar-refractivity contribution in [2.45, 2.75) is 24.8 Å². The van der Waals surface area contributed by atoms with Gasteiger partial charge in [-0.25, -0.2) is 13.6 Å². The van der Waals surface area contributed by atoms with Gasteiger partial charge in [-0.05, 0) is 6.42 Å². The fraction of sp³-hybridized carbons (Fsp3) is 0.875. The van der Waals surface area contributed by atoms with Crippen molar-refractivity contribution < 1.29 is 18.7 Å². The molecular weight excluding hydrogens is 194 g/mol. The maximum Gasteiger partial charge on any atom is 0.407 e. The Morgan fingerprint density at radius 1 is 1.57 bits per heavy atom. The average Bonchev–Trinajstić information content (AvgIpc) is 2.49. The van der Waals surface area contributed by atoms with Gasteiger partial charge in [-0.1, -0.05) is 0 Å². The van der Waals surface area contributed by atoms with Crippen molar-refractivity contribution in [1.82, 2.24) is 4.90 Å². The Morgan fingerprint density at radius 2 is 2.14 bits per heavy atom. The Labute approximate surface area is 79.7 Å². The first-order valence-corrected chi connectivity index (χ1v) is 4.48. The molecule has 1 spiro atoms. The zero-order valence-corrected chi connectivity index (χ0v) is 7.54. The number of amides is 1. The first-order valence-electron chi connectivity index (χ1n) is 4.48. The van der Waals surface area contributed by atoms with Gasteiger partial charge in [0.2, 0.25) is 0 Å². The number of carbonyl (C=O) groups is 1. The van der Waals surface area contributed by atoms with Crippen LogP contribution in [0.25, 0.3) is 0 Å². The third-order valence-electron chi connectivity index (χ3n) is 3.08. The highest BCUT2D eigenvalue weighted by molar-refractivity contribution is 5.65. The molecule has 0 bridgehead atoms. The van der Waals surface area contributed by atoms with E-state index in [2.05, 4.69) is 0 Å². The number of rotatable bonds is 0. The summed E-state index contributed by atoms with van der Waals surface area (Å²) in [7, 11) is 0. The number of halogens is 2. The molecule has 4 nitrogen and oxygen atoms in total. The van der Waals surface area contributed by atoms with Gasteiger partial charge in [0.1, 0.15) is 0 Å². The quantitative estimate of drug-likeness (QED) is 0.613. The molecule has 1 aliphatic carbocycles. The van der Waals surface area contributed by atoms with Crippen molar-refractivity contribution >= 4 is 6.09 Å². The Hall–Kier alpha value is -0.910. The van der Waals surface area contributed by atoms with Crippen molar-refractivity contribution in [3.63, 3.8) is 0 Å². The second-order valence-corrected chi connectivity index (χ2v) is 4.29. The predicted octanol–water partition coefficient (Wildman–Crippen LogP) is 0.723. The third kappa shape index (κ3) is 1.25. The Bertz CT molecular complexity index is 285. The lowest BCUT2D eigenvalue weighted by atomic mass is 9.91. The number of piperidine rings is 1. The summed E-state index contributed by atoms with van der Waals surface area (Å²) in [5, 5.41) is 8.71. The van der Waals surface area contributed by atoms with Gasteiger partial charge in [-0.2, -0.15) is 0 Å². The largest absolute Gasteiger partial charge is 0.465 e. The van der Waals surface area contributed by atoms with Crippen molar-refractivity contribution in [2.75, 3.05) is 13.1 Å². The molecule has 0 radical (unpaired) electrons. The molecule has 0 aromatic rings. The molecule has 1 amide bonds. The summed E-state index contributed by atoms with van der Waals surface area (Å²) in [6.07, 6.45) is -1.16. The number of hydrogen-bond donors (Lipinski definition) is 2. The van der Waals surface area contributed by atoms with Crippen molar-refractivity contribution in [1.29, 1.82) is 0 Å². The van der Waals surface area contributed by atoms with Gasteiger partial charge in [0.05, 0.1) is 5.41 Å². The van der Waals surface area contributed by atoms with E-state index < -0.39 is 23.5 Å². The van der Waals surface area contributed by atoms with E-state index >= 15 is 0 Å². The minimum atomic E-state index is -2.72. The second kappa shape index (κ2) is 2.56. The van der Waals surface area contributed by atoms with Gasteiger partial charge in [0, 0.05) is 25.6 Å². The Morgan fingerprint density at radius 3 is 2.57 bits per heavy atom. The topological polar surface area (TPSA) is 66.6 Å². The van der Waals surface area contributed by atoms with Gasteiger partial charge >= 0.3 is 6.09 Å². The van der Waals surface area contributed by atoms with Crippen LogP contribution in [0.15, 0.2) is 0 Å². The van der Waals surface area contributed by atoms with E-state index in [-0.39, 0.29) is 25.9 Å². The van der Waals surface area contributed by atoms with Gasteiger partial charge in [0.25, 0.3) is 5.92 Å². The lowest BCUT2D eigenvalue weighted by molar-refractivity contribution is 0.0218. The van der Waals surface area contributed by atoms with Crippen LogP contribution in [0, 0.1) is 5.41 Å². The van der Waals surface area contributed by atoms with Crippen LogP contribution in [0.5, 0.6) is 0 Å². The fourth-order valence-corrected chi connectivity index (χ4v) is 2.26. The minimum Gasteiger partial charge on any atom is -0.465 e. The van der Waals surface area contributed by atoms with Gasteiger partial charge in [-0.15, -0.1) is 0 Å². The minimum absolute atomic E-state index is 0.0803. The zero-order chi connectivity index (χ0) is 10.6. The van der Waals surface area contributed by atoms with Gasteiger partial charge in [-0.3, -0.25) is 0 Å². The summed E-state index contributed by atoms with van der Waals surface area (Å²) in [5.74, 6) is -2.72. The van der Waals surface area contributed by atoms with E-state index in [0.29, 0.717) is 0 Å². The summed E-state index contributed by atoms with van der Waals surface area (Å²) in [4.78, 5) is 11.6. The van der Waals surface area contributed by atoms with E-state index in [1.807, 2.05) is 0 Å². The molecule has 14 heavy (non-hydrogen) atoms. The first-order chi connectivity index (χ1) is 6.36. The van der Waals surface area contributed by atoms with Crippen molar-refractivity contribution in [3.05, 3.63) is 0 Å². The lowest BCUT2D eigenvalue weighted by Gasteiger charge is -2.34. The summed E-state index contributed by atoms with van der Waals surface area (Å²) in [5.41, 5.74) is 4.40. The predicted molar refractivity (Wildman–Crippen MR) is 44.2 cm³/mol. The van der Waals surface area contributed by atoms with E-state index in [9.17, 15) is 13.6 Å². The maximum atomic E-state index is 13.0. The molecule has 0 aromatic carbocycles. The summed E-state index contributed by atoms with van der Waals surface area (Å²) < 4.78 is 26.0. The number of nitrogens with two attached hydrogens (primary N) is 1. The molecule has 2 aliphatic rings. The molecule has 6 heteroatoms. The molecule has 2 rings (SSSR count). The zero-order valence-electron chi connectivity index (χ0n) is 7.54. The highest BCUT2D eigenvalue weighted by Gasteiger charge is 2.72. The smallest absolute Gasteiger partial charge is 0.407 e. The normalized spacial score (nSPS) is 39.9. The molecule has 1 heterocycles. The fourth-order valence-electron chi connectivity index (χ4n) is 2.26. The van der Waals surface area contributed by atoms with Crippen molar-refractivity contribution in [3.8, 4) is 0 Å². The Balaban J connectivity index is 2.12. The van der Waals surface area contributed by atoms with Crippen LogP contribution < -0.4 is 5.73 Å². The highest BCUT2D eigenvalue weighted by Crippen LogP contribution is 2.64. The number of carboxylic acid groups (broad SMARTS) is 1. The van der Waals surface area contributed by atoms with E-state index in [4.69, 9.17) is 10.8 Å². The summed E-state index contributed by atoms with van der Waals surface area (Å²) >= 11 is 0. The van der Waals surface area contributed by atoms with Crippen LogP contribution in [0.4, 0.5) is 13.6 Å². The SMILES string of the molecule is NC1CN(C(=O)O)CC2(C1)CC2(F)F. The van der Waals surface area contributed by atoms with Gasteiger partial charge < -0.3 is 15.7 Å². The second-order valence-electron chi connectivity index (χ2n) is 4.29. The number of nitrogens with zero attached hydrogens (tertiary/aromatic N) is 1. The maximum absolute atomic E-state index is 13.0. The molecule has 80 valence electrons. The molecule has 2 unspecified atom stereocenters. The summed E-state index contributed by atoms with van der Waals surface area (Å²) in [6, 6.07) is -0.465. The van der Waals surface area contributed by atoms with Gasteiger partial charge in [0.15, 0.2) is 0 Å². The molecule has 3 N–H and O–H groups in total. The highest BCUT2D eigenvalue weighted by atomic mass is 19.3. The average molecular weight is 206 g/mol. The van der Waals surface area contributed by atoms with Crippen LogP contribution in [0.2, 0.25) is 0 Å². The van der Waals surface area contributed by atoms with E-state index in [1.165, 1.54) is 0 Å². The molecule has 1 saturated heterocycles. The first kappa shape index (κ1) is 9.64. The van der Waals surface area contributed by atoms with Crippen LogP contribution in [0.1, 0.15) is 12.8 Å². The van der Waals surface area contributed by atoms with Crippen molar-refractivity contribution in [2.24, 2.45) is 11.1 Å². The number of hydrogen-bond acceptors (Lipinski definition) is 2. The van der Waals surface area contributed by atoms with E-state index in [0.717, 1.165) is 4.90 Å². The Kier molecular flexibility index (Phi) is 1.76. The van der Waals surface area contributed by atoms with Crippen LogP contribution >= 0.6 is 0 Å². The molecule has 1 saturated carbocycles. The molecule has 2 fully saturated rings. The summed E-state index contributed by atoms with van der Waals surface area (Å²) in [6.45, 7) is 0.0796. The lowest BCUT2D eigenvalue weighted by Crippen LogP contribution is -2.51. The number of likely N-dealkylation sites (tertiary alicyclic amines) is 1. The van der Waals surface area contributed by atoms with Crippen LogP contribution in [-0.4, -0.2) is 41.2 Å². The molecular formula is C8H12F2N2O2. The number of alkyl halides is 2. The molecule has 2 atom stereocenters. The molecule has 0 aromatic heterocycles. The molecule has 1 aliphatic heterocycles.